The van der Waals surface area contributed by atoms with Crippen LogP contribution in [0.3, 0.4) is 0 Å². The molecule has 0 amide bonds. The maximum atomic E-state index is 4.69. The van der Waals surface area contributed by atoms with Crippen molar-refractivity contribution >= 4 is 32.6 Å². The van der Waals surface area contributed by atoms with Gasteiger partial charge in [0.15, 0.2) is 5.65 Å². The minimum atomic E-state index is 0.870. The summed E-state index contributed by atoms with van der Waals surface area (Å²) >= 11 is 3.59. The molecule has 2 aromatic carbocycles. The van der Waals surface area contributed by atoms with Crippen molar-refractivity contribution < 1.29 is 0 Å². The van der Waals surface area contributed by atoms with Gasteiger partial charge in [-0.05, 0) is 28.1 Å². The van der Waals surface area contributed by atoms with Crippen molar-refractivity contribution in [2.24, 2.45) is 7.05 Å². The van der Waals surface area contributed by atoms with Crippen LogP contribution in [0.2, 0.25) is 0 Å². The van der Waals surface area contributed by atoms with Gasteiger partial charge in [0.1, 0.15) is 10.4 Å². The van der Waals surface area contributed by atoms with Gasteiger partial charge in [-0.15, -0.1) is 0 Å². The molecule has 4 aromatic rings. The molecule has 98 valence electrons. The van der Waals surface area contributed by atoms with Gasteiger partial charge in [0.25, 0.3) is 0 Å². The lowest BCUT2D eigenvalue weighted by molar-refractivity contribution is 0.991. The summed E-state index contributed by atoms with van der Waals surface area (Å²) in [5.74, 6) is 0.962. The standard InChI is InChI=1S/C16H12BrN3/c1-19-12-9-5-6-10-13(12)20-15(18-14(17)16(19)20)11-7-3-2-4-8-11/h2-10H,1H3. The average Bonchev–Trinajstić information content (AvgIpc) is 2.98. The summed E-state index contributed by atoms with van der Waals surface area (Å²) in [4.78, 5) is 4.69. The Morgan fingerprint density at radius 1 is 0.900 bits per heavy atom. The number of rotatable bonds is 1. The van der Waals surface area contributed by atoms with Gasteiger partial charge >= 0.3 is 0 Å². The van der Waals surface area contributed by atoms with Gasteiger partial charge in [-0.3, -0.25) is 4.40 Å². The Labute approximate surface area is 124 Å². The molecule has 4 heteroatoms. The van der Waals surface area contributed by atoms with E-state index in [-0.39, 0.29) is 0 Å². The van der Waals surface area contributed by atoms with Crippen LogP contribution in [0.5, 0.6) is 0 Å². The molecule has 0 saturated carbocycles. The molecule has 2 heterocycles. The van der Waals surface area contributed by atoms with Crippen molar-refractivity contribution in [1.82, 2.24) is 14.0 Å². The van der Waals surface area contributed by atoms with E-state index in [1.54, 1.807) is 0 Å². The van der Waals surface area contributed by atoms with E-state index in [9.17, 15) is 0 Å². The van der Waals surface area contributed by atoms with Gasteiger partial charge in [0.2, 0.25) is 0 Å². The van der Waals surface area contributed by atoms with Gasteiger partial charge in [-0.25, -0.2) is 4.98 Å². The molecule has 0 radical (unpaired) electrons. The zero-order valence-corrected chi connectivity index (χ0v) is 12.5. The summed E-state index contributed by atoms with van der Waals surface area (Å²) in [5.41, 5.74) is 4.56. The van der Waals surface area contributed by atoms with E-state index in [0.717, 1.165) is 21.6 Å². The van der Waals surface area contributed by atoms with Crippen LogP contribution in [0, 0.1) is 0 Å². The molecular weight excluding hydrogens is 314 g/mol. The lowest BCUT2D eigenvalue weighted by atomic mass is 10.2. The Kier molecular flexibility index (Phi) is 2.47. The lowest BCUT2D eigenvalue weighted by Crippen LogP contribution is -1.87. The van der Waals surface area contributed by atoms with Crippen molar-refractivity contribution in [3.8, 4) is 11.4 Å². The number of benzene rings is 2. The Bertz CT molecular complexity index is 919. The first-order valence-electron chi connectivity index (χ1n) is 6.44. The van der Waals surface area contributed by atoms with E-state index < -0.39 is 0 Å². The van der Waals surface area contributed by atoms with Crippen molar-refractivity contribution in [2.75, 3.05) is 0 Å². The number of fused-ring (bicyclic) bond motifs is 3. The Balaban J connectivity index is 2.21. The molecule has 0 spiro atoms. The molecule has 0 fully saturated rings. The van der Waals surface area contributed by atoms with Crippen LogP contribution in [-0.4, -0.2) is 14.0 Å². The monoisotopic (exact) mass is 325 g/mol. The van der Waals surface area contributed by atoms with E-state index in [1.165, 1.54) is 11.0 Å². The van der Waals surface area contributed by atoms with Crippen LogP contribution in [-0.2, 0) is 7.05 Å². The number of halogens is 1. The molecule has 0 aliphatic carbocycles. The third-order valence-electron chi connectivity index (χ3n) is 3.65. The summed E-state index contributed by atoms with van der Waals surface area (Å²) in [6, 6.07) is 18.6. The van der Waals surface area contributed by atoms with Crippen molar-refractivity contribution in [3.63, 3.8) is 0 Å². The van der Waals surface area contributed by atoms with E-state index >= 15 is 0 Å². The maximum absolute atomic E-state index is 4.69. The molecule has 20 heavy (non-hydrogen) atoms. The van der Waals surface area contributed by atoms with E-state index in [4.69, 9.17) is 0 Å². The second kappa shape index (κ2) is 4.21. The zero-order chi connectivity index (χ0) is 13.7. The second-order valence-corrected chi connectivity index (χ2v) is 5.55. The first kappa shape index (κ1) is 11.7. The molecule has 3 nitrogen and oxygen atoms in total. The highest BCUT2D eigenvalue weighted by atomic mass is 79.9. The van der Waals surface area contributed by atoms with E-state index in [2.05, 4.69) is 73.3 Å². The highest BCUT2D eigenvalue weighted by molar-refractivity contribution is 9.10. The predicted molar refractivity (Wildman–Crippen MR) is 84.8 cm³/mol. The van der Waals surface area contributed by atoms with Crippen LogP contribution in [0.25, 0.3) is 28.1 Å². The fourth-order valence-corrected chi connectivity index (χ4v) is 3.35. The zero-order valence-electron chi connectivity index (χ0n) is 10.9. The maximum Gasteiger partial charge on any atom is 0.153 e. The third-order valence-corrected chi connectivity index (χ3v) is 4.18. The third kappa shape index (κ3) is 1.48. The van der Waals surface area contributed by atoms with Crippen LogP contribution in [0.4, 0.5) is 0 Å². The molecule has 0 unspecified atom stereocenters. The number of aryl methyl sites for hydroxylation is 1. The predicted octanol–water partition coefficient (Wildman–Crippen LogP) is 4.26. The molecule has 0 N–H and O–H groups in total. The smallest absolute Gasteiger partial charge is 0.153 e. The molecule has 0 bridgehead atoms. The molecule has 2 aromatic heterocycles. The minimum Gasteiger partial charge on any atom is -0.326 e. The normalized spacial score (nSPS) is 11.5. The van der Waals surface area contributed by atoms with Crippen molar-refractivity contribution in [3.05, 3.63) is 59.2 Å². The number of hydrogen-bond acceptors (Lipinski definition) is 1. The van der Waals surface area contributed by atoms with Crippen molar-refractivity contribution in [1.29, 1.82) is 0 Å². The van der Waals surface area contributed by atoms with Crippen LogP contribution in [0.1, 0.15) is 0 Å². The number of aromatic nitrogens is 3. The van der Waals surface area contributed by atoms with Crippen LogP contribution in [0.15, 0.2) is 59.2 Å². The van der Waals surface area contributed by atoms with Crippen LogP contribution >= 0.6 is 15.9 Å². The highest BCUT2D eigenvalue weighted by Crippen LogP contribution is 2.31. The number of nitrogens with zero attached hydrogens (tertiary/aromatic N) is 3. The lowest BCUT2D eigenvalue weighted by Gasteiger charge is -1.99. The molecule has 0 aliphatic heterocycles. The topological polar surface area (TPSA) is 22.2 Å². The fourth-order valence-electron chi connectivity index (χ4n) is 2.73. The molecule has 0 saturated heterocycles. The summed E-state index contributed by atoms with van der Waals surface area (Å²) in [5, 5.41) is 0. The summed E-state index contributed by atoms with van der Waals surface area (Å²) in [6.45, 7) is 0. The van der Waals surface area contributed by atoms with Gasteiger partial charge in [-0.1, -0.05) is 42.5 Å². The Morgan fingerprint density at radius 2 is 1.55 bits per heavy atom. The van der Waals surface area contributed by atoms with Crippen molar-refractivity contribution in [2.45, 2.75) is 0 Å². The fraction of sp³-hybridized carbons (Fsp3) is 0.0625. The molecule has 0 atom stereocenters. The summed E-state index contributed by atoms with van der Waals surface area (Å²) in [6.07, 6.45) is 0. The van der Waals surface area contributed by atoms with Gasteiger partial charge in [0, 0.05) is 12.6 Å². The summed E-state index contributed by atoms with van der Waals surface area (Å²) < 4.78 is 5.24. The Hall–Kier alpha value is -2.07. The van der Waals surface area contributed by atoms with Crippen LogP contribution < -0.4 is 0 Å². The van der Waals surface area contributed by atoms with E-state index in [1.807, 2.05) is 18.2 Å². The number of imidazole rings is 2. The Morgan fingerprint density at radius 3 is 2.30 bits per heavy atom. The largest absolute Gasteiger partial charge is 0.326 e. The first-order chi connectivity index (χ1) is 9.77. The molecule has 0 aliphatic rings. The summed E-state index contributed by atoms with van der Waals surface area (Å²) in [7, 11) is 2.07. The average molecular weight is 326 g/mol. The highest BCUT2D eigenvalue weighted by Gasteiger charge is 2.17. The number of hydrogen-bond donors (Lipinski definition) is 0. The minimum absolute atomic E-state index is 0.870. The molecular formula is C16H12BrN3. The van der Waals surface area contributed by atoms with E-state index in [0.29, 0.717) is 0 Å². The quantitative estimate of drug-likeness (QED) is 0.512. The number of para-hydroxylation sites is 2. The SMILES string of the molecule is Cn1c2ccccc2n2c(-c3ccccc3)nc(Br)c12. The second-order valence-electron chi connectivity index (χ2n) is 4.80. The van der Waals surface area contributed by atoms with Gasteiger partial charge < -0.3 is 4.57 Å². The first-order valence-corrected chi connectivity index (χ1v) is 7.23. The van der Waals surface area contributed by atoms with Gasteiger partial charge in [0.05, 0.1) is 11.0 Å². The van der Waals surface area contributed by atoms with Gasteiger partial charge in [-0.2, -0.15) is 0 Å². The molecule has 4 rings (SSSR count).